The van der Waals surface area contributed by atoms with E-state index >= 15 is 0 Å². The van der Waals surface area contributed by atoms with Crippen molar-refractivity contribution in [1.29, 1.82) is 0 Å². The first kappa shape index (κ1) is 8.99. The van der Waals surface area contributed by atoms with E-state index in [9.17, 15) is 5.11 Å². The van der Waals surface area contributed by atoms with Crippen LogP contribution in [0.2, 0.25) is 0 Å². The molecule has 0 unspecified atom stereocenters. The number of hydrogen-bond donors (Lipinski definition) is 1. The first-order valence-corrected chi connectivity index (χ1v) is 3.44. The van der Waals surface area contributed by atoms with Gasteiger partial charge >= 0.3 is 0 Å². The molecule has 0 aromatic carbocycles. The molecule has 0 rings (SSSR count). The maximum absolute atomic E-state index is 9.37. The third-order valence-electron chi connectivity index (χ3n) is 1.31. The van der Waals surface area contributed by atoms with Crippen LogP contribution in [0.4, 0.5) is 0 Å². The molecule has 0 aliphatic heterocycles. The molecule has 0 aromatic rings. The monoisotopic (exact) mass is 148 g/mol. The Morgan fingerprint density at radius 1 is 1.67 bits per heavy atom. The standard InChI is InChI=1S/C7H13ClO/c1-4-5-7(3,9)6(2)8/h4-6,9H,1-3H3/b5-4+/t6-,7+/m0/s1. The second kappa shape index (κ2) is 3.23. The van der Waals surface area contributed by atoms with Crippen LogP contribution in [0.15, 0.2) is 12.2 Å². The van der Waals surface area contributed by atoms with Gasteiger partial charge in [0.05, 0.1) is 11.0 Å². The predicted molar refractivity (Wildman–Crippen MR) is 40.8 cm³/mol. The lowest BCUT2D eigenvalue weighted by molar-refractivity contribution is 0.111. The van der Waals surface area contributed by atoms with Crippen molar-refractivity contribution in [3.63, 3.8) is 0 Å². The minimum Gasteiger partial charge on any atom is -0.385 e. The van der Waals surface area contributed by atoms with Crippen molar-refractivity contribution in [3.05, 3.63) is 12.2 Å². The van der Waals surface area contributed by atoms with Gasteiger partial charge in [-0.15, -0.1) is 11.6 Å². The number of hydrogen-bond acceptors (Lipinski definition) is 1. The fourth-order valence-electron chi connectivity index (χ4n) is 0.470. The number of alkyl halides is 1. The first-order chi connectivity index (χ1) is 4.00. The second-order valence-corrected chi connectivity index (χ2v) is 3.00. The van der Waals surface area contributed by atoms with E-state index in [1.54, 1.807) is 26.0 Å². The Labute approximate surface area is 61.3 Å². The van der Waals surface area contributed by atoms with Gasteiger partial charge < -0.3 is 5.11 Å². The number of aliphatic hydroxyl groups is 1. The molecule has 2 heteroatoms. The predicted octanol–water partition coefficient (Wildman–Crippen LogP) is 1.94. The average Bonchev–Trinajstić information content (AvgIpc) is 1.65. The van der Waals surface area contributed by atoms with E-state index in [1.807, 2.05) is 6.92 Å². The highest BCUT2D eigenvalue weighted by Gasteiger charge is 2.21. The molecule has 0 saturated heterocycles. The lowest BCUT2D eigenvalue weighted by atomic mass is 10.0. The summed E-state index contributed by atoms with van der Waals surface area (Å²) in [5.41, 5.74) is -0.865. The van der Waals surface area contributed by atoms with E-state index < -0.39 is 5.60 Å². The Balaban J connectivity index is 4.01. The van der Waals surface area contributed by atoms with Crippen LogP contribution < -0.4 is 0 Å². The quantitative estimate of drug-likeness (QED) is 0.469. The number of halogens is 1. The average molecular weight is 149 g/mol. The van der Waals surface area contributed by atoms with E-state index in [0.717, 1.165) is 0 Å². The van der Waals surface area contributed by atoms with Gasteiger partial charge in [-0.25, -0.2) is 0 Å². The van der Waals surface area contributed by atoms with E-state index in [0.29, 0.717) is 0 Å². The molecule has 0 amide bonds. The van der Waals surface area contributed by atoms with Crippen LogP contribution in [0.25, 0.3) is 0 Å². The zero-order valence-electron chi connectivity index (χ0n) is 6.06. The summed E-state index contributed by atoms with van der Waals surface area (Å²) in [6.45, 7) is 5.31. The second-order valence-electron chi connectivity index (χ2n) is 2.34. The van der Waals surface area contributed by atoms with Crippen LogP contribution in [0.3, 0.4) is 0 Å². The van der Waals surface area contributed by atoms with Crippen LogP contribution >= 0.6 is 11.6 Å². The van der Waals surface area contributed by atoms with Gasteiger partial charge in [0.2, 0.25) is 0 Å². The molecule has 0 saturated carbocycles. The minimum atomic E-state index is -0.865. The molecule has 9 heavy (non-hydrogen) atoms. The Morgan fingerprint density at radius 2 is 2.11 bits per heavy atom. The van der Waals surface area contributed by atoms with Gasteiger partial charge in [0.15, 0.2) is 0 Å². The van der Waals surface area contributed by atoms with Gasteiger partial charge in [-0.05, 0) is 20.8 Å². The molecule has 1 nitrogen and oxygen atoms in total. The van der Waals surface area contributed by atoms with E-state index in [-0.39, 0.29) is 5.38 Å². The van der Waals surface area contributed by atoms with E-state index in [1.165, 1.54) is 0 Å². The summed E-state index contributed by atoms with van der Waals surface area (Å²) in [5.74, 6) is 0. The van der Waals surface area contributed by atoms with Crippen molar-refractivity contribution >= 4 is 11.6 Å². The normalized spacial score (nSPS) is 21.9. The van der Waals surface area contributed by atoms with Crippen molar-refractivity contribution in [1.82, 2.24) is 0 Å². The molecule has 0 radical (unpaired) electrons. The molecule has 0 bridgehead atoms. The highest BCUT2D eigenvalue weighted by Crippen LogP contribution is 2.16. The summed E-state index contributed by atoms with van der Waals surface area (Å²) < 4.78 is 0. The molecule has 0 heterocycles. The van der Waals surface area contributed by atoms with Crippen LogP contribution in [-0.2, 0) is 0 Å². The number of allylic oxidation sites excluding steroid dienone is 1. The van der Waals surface area contributed by atoms with Gasteiger partial charge in [-0.2, -0.15) is 0 Å². The highest BCUT2D eigenvalue weighted by molar-refractivity contribution is 6.21. The number of rotatable bonds is 2. The molecule has 0 aliphatic rings. The van der Waals surface area contributed by atoms with Gasteiger partial charge in [0.1, 0.15) is 0 Å². The fraction of sp³-hybridized carbons (Fsp3) is 0.714. The summed E-state index contributed by atoms with van der Waals surface area (Å²) in [4.78, 5) is 0. The summed E-state index contributed by atoms with van der Waals surface area (Å²) >= 11 is 5.65. The van der Waals surface area contributed by atoms with E-state index in [4.69, 9.17) is 11.6 Å². The minimum absolute atomic E-state index is 0.242. The van der Waals surface area contributed by atoms with Crippen LogP contribution in [0.1, 0.15) is 20.8 Å². The van der Waals surface area contributed by atoms with Crippen molar-refractivity contribution < 1.29 is 5.11 Å². The first-order valence-electron chi connectivity index (χ1n) is 3.01. The Morgan fingerprint density at radius 3 is 2.22 bits per heavy atom. The van der Waals surface area contributed by atoms with Crippen LogP contribution in [0, 0.1) is 0 Å². The fourth-order valence-corrected chi connectivity index (χ4v) is 0.543. The van der Waals surface area contributed by atoms with Gasteiger partial charge in [0.25, 0.3) is 0 Å². The van der Waals surface area contributed by atoms with Gasteiger partial charge in [0, 0.05) is 0 Å². The van der Waals surface area contributed by atoms with Gasteiger partial charge in [-0.1, -0.05) is 12.2 Å². The molecular weight excluding hydrogens is 136 g/mol. The smallest absolute Gasteiger partial charge is 0.0959 e. The summed E-state index contributed by atoms with van der Waals surface area (Å²) in [6.07, 6.45) is 3.48. The molecular formula is C7H13ClO. The zero-order chi connectivity index (χ0) is 7.49. The van der Waals surface area contributed by atoms with Crippen molar-refractivity contribution in [2.75, 3.05) is 0 Å². The maximum Gasteiger partial charge on any atom is 0.0959 e. The van der Waals surface area contributed by atoms with Crippen LogP contribution in [0.5, 0.6) is 0 Å². The van der Waals surface area contributed by atoms with Crippen molar-refractivity contribution in [2.45, 2.75) is 31.7 Å². The molecule has 0 spiro atoms. The lowest BCUT2D eigenvalue weighted by Gasteiger charge is -2.21. The molecule has 0 aromatic heterocycles. The molecule has 1 N–H and O–H groups in total. The third-order valence-corrected chi connectivity index (χ3v) is 1.75. The van der Waals surface area contributed by atoms with Crippen molar-refractivity contribution in [3.8, 4) is 0 Å². The van der Waals surface area contributed by atoms with E-state index in [2.05, 4.69) is 0 Å². The topological polar surface area (TPSA) is 20.2 Å². The SMILES string of the molecule is C/C=C/[C@@](C)(O)[C@H](C)Cl. The Hall–Kier alpha value is -0.0100. The molecule has 54 valence electrons. The maximum atomic E-state index is 9.37. The highest BCUT2D eigenvalue weighted by atomic mass is 35.5. The van der Waals surface area contributed by atoms with Crippen molar-refractivity contribution in [2.24, 2.45) is 0 Å². The molecule has 2 atom stereocenters. The Bertz CT molecular complexity index is 105. The summed E-state index contributed by atoms with van der Waals surface area (Å²) in [7, 11) is 0. The molecule has 0 fully saturated rings. The molecule has 0 aliphatic carbocycles. The van der Waals surface area contributed by atoms with Crippen LogP contribution in [-0.4, -0.2) is 16.1 Å². The zero-order valence-corrected chi connectivity index (χ0v) is 6.81. The van der Waals surface area contributed by atoms with Gasteiger partial charge in [-0.3, -0.25) is 0 Å². The Kier molecular flexibility index (Phi) is 3.23. The third kappa shape index (κ3) is 2.87. The summed E-state index contributed by atoms with van der Waals surface area (Å²) in [5, 5.41) is 9.13. The lowest BCUT2D eigenvalue weighted by Crippen LogP contribution is -2.30. The summed E-state index contributed by atoms with van der Waals surface area (Å²) in [6, 6.07) is 0. The largest absolute Gasteiger partial charge is 0.385 e.